The van der Waals surface area contributed by atoms with Gasteiger partial charge in [-0.05, 0) is 47.9 Å². The van der Waals surface area contributed by atoms with Crippen molar-refractivity contribution in [2.75, 3.05) is 13.3 Å². The second-order valence-electron chi connectivity index (χ2n) is 6.88. The van der Waals surface area contributed by atoms with E-state index < -0.39 is 9.84 Å². The first-order valence-electron chi connectivity index (χ1n) is 9.00. The minimum atomic E-state index is -3.23. The van der Waals surface area contributed by atoms with Crippen LogP contribution in [0.25, 0.3) is 11.1 Å². The molecule has 1 unspecified atom stereocenters. The zero-order valence-corrected chi connectivity index (χ0v) is 17.0. The van der Waals surface area contributed by atoms with E-state index in [9.17, 15) is 13.2 Å². The Morgan fingerprint density at radius 2 is 1.36 bits per heavy atom. The summed E-state index contributed by atoms with van der Waals surface area (Å²) in [5.74, 6) is -0.0840. The second-order valence-corrected chi connectivity index (χ2v) is 8.89. The summed E-state index contributed by atoms with van der Waals surface area (Å²) in [5, 5.41) is 0. The fourth-order valence-corrected chi connectivity index (χ4v) is 3.66. The van der Waals surface area contributed by atoms with Gasteiger partial charge in [0.2, 0.25) is 0 Å². The standard InChI is InChI=1S/C23H23NO3S/c1-17(18-13-15-22(16-14-18)28(3,26)27)24(2)23(25)21-11-9-20(10-12-21)19-7-5-4-6-8-19/h4-17H,1-3H3. The van der Waals surface area contributed by atoms with Crippen molar-refractivity contribution in [1.82, 2.24) is 4.90 Å². The molecule has 0 bridgehead atoms. The van der Waals surface area contributed by atoms with E-state index >= 15 is 0 Å². The number of rotatable bonds is 5. The Labute approximate surface area is 166 Å². The van der Waals surface area contributed by atoms with Gasteiger partial charge in [0.15, 0.2) is 9.84 Å². The van der Waals surface area contributed by atoms with E-state index in [4.69, 9.17) is 0 Å². The molecule has 0 spiro atoms. The van der Waals surface area contributed by atoms with Crippen molar-refractivity contribution in [3.8, 4) is 11.1 Å². The molecule has 0 N–H and O–H groups in total. The topological polar surface area (TPSA) is 54.5 Å². The molecule has 3 rings (SSSR count). The van der Waals surface area contributed by atoms with Crippen LogP contribution in [0, 0.1) is 0 Å². The quantitative estimate of drug-likeness (QED) is 0.637. The van der Waals surface area contributed by atoms with E-state index in [0.717, 1.165) is 16.7 Å². The fraction of sp³-hybridized carbons (Fsp3) is 0.174. The highest BCUT2D eigenvalue weighted by molar-refractivity contribution is 7.90. The Balaban J connectivity index is 1.76. The second kappa shape index (κ2) is 7.98. The van der Waals surface area contributed by atoms with Gasteiger partial charge >= 0.3 is 0 Å². The molecule has 0 aromatic heterocycles. The number of amides is 1. The van der Waals surface area contributed by atoms with Gasteiger partial charge in [0, 0.05) is 18.9 Å². The van der Waals surface area contributed by atoms with Crippen molar-refractivity contribution in [3.63, 3.8) is 0 Å². The first kappa shape index (κ1) is 19.8. The van der Waals surface area contributed by atoms with Crippen LogP contribution >= 0.6 is 0 Å². The van der Waals surface area contributed by atoms with Crippen LogP contribution in [0.15, 0.2) is 83.8 Å². The van der Waals surface area contributed by atoms with Crippen LogP contribution in [0.5, 0.6) is 0 Å². The molecule has 0 fully saturated rings. The molecule has 0 saturated heterocycles. The molecule has 0 aliphatic rings. The molecule has 0 saturated carbocycles. The predicted molar refractivity (Wildman–Crippen MR) is 112 cm³/mol. The summed E-state index contributed by atoms with van der Waals surface area (Å²) in [7, 11) is -1.48. The number of carbonyl (C=O) groups excluding carboxylic acids is 1. The Kier molecular flexibility index (Phi) is 5.66. The van der Waals surface area contributed by atoms with Crippen molar-refractivity contribution < 1.29 is 13.2 Å². The Bertz CT molecular complexity index is 1060. The van der Waals surface area contributed by atoms with Gasteiger partial charge in [-0.15, -0.1) is 0 Å². The maximum absolute atomic E-state index is 12.9. The number of hydrogen-bond donors (Lipinski definition) is 0. The summed E-state index contributed by atoms with van der Waals surface area (Å²) in [6.07, 6.45) is 1.18. The summed E-state index contributed by atoms with van der Waals surface area (Å²) in [6.45, 7) is 1.92. The normalized spacial score (nSPS) is 12.4. The third kappa shape index (κ3) is 4.31. The first-order chi connectivity index (χ1) is 13.3. The van der Waals surface area contributed by atoms with Crippen LogP contribution < -0.4 is 0 Å². The lowest BCUT2D eigenvalue weighted by atomic mass is 10.0. The molecule has 1 atom stereocenters. The third-order valence-electron chi connectivity index (χ3n) is 4.93. The molecular formula is C23H23NO3S. The molecule has 5 heteroatoms. The summed E-state index contributed by atoms with van der Waals surface area (Å²) in [5.41, 5.74) is 3.66. The van der Waals surface area contributed by atoms with Crippen LogP contribution in [-0.2, 0) is 9.84 Å². The largest absolute Gasteiger partial charge is 0.335 e. The van der Waals surface area contributed by atoms with E-state index in [0.29, 0.717) is 5.56 Å². The van der Waals surface area contributed by atoms with Crippen molar-refractivity contribution >= 4 is 15.7 Å². The van der Waals surface area contributed by atoms with Crippen LogP contribution in [-0.4, -0.2) is 32.5 Å². The molecular weight excluding hydrogens is 370 g/mol. The molecule has 0 radical (unpaired) electrons. The van der Waals surface area contributed by atoms with Gasteiger partial charge in [0.05, 0.1) is 10.9 Å². The zero-order valence-electron chi connectivity index (χ0n) is 16.2. The third-order valence-corrected chi connectivity index (χ3v) is 6.06. The molecule has 0 aliphatic carbocycles. The smallest absolute Gasteiger partial charge is 0.254 e. The van der Waals surface area contributed by atoms with Crippen LogP contribution in [0.4, 0.5) is 0 Å². The van der Waals surface area contributed by atoms with E-state index in [2.05, 4.69) is 0 Å². The lowest BCUT2D eigenvalue weighted by molar-refractivity contribution is 0.0742. The summed E-state index contributed by atoms with van der Waals surface area (Å²) in [4.78, 5) is 14.8. The molecule has 0 aliphatic heterocycles. The highest BCUT2D eigenvalue weighted by atomic mass is 32.2. The molecule has 3 aromatic carbocycles. The van der Waals surface area contributed by atoms with Crippen molar-refractivity contribution in [2.24, 2.45) is 0 Å². The predicted octanol–water partition coefficient (Wildman–Crippen LogP) is 4.59. The van der Waals surface area contributed by atoms with Crippen molar-refractivity contribution in [3.05, 3.63) is 90.0 Å². The van der Waals surface area contributed by atoms with Gasteiger partial charge in [-0.2, -0.15) is 0 Å². The van der Waals surface area contributed by atoms with Gasteiger partial charge in [0.25, 0.3) is 5.91 Å². The SMILES string of the molecule is CC(c1ccc(S(C)(=O)=O)cc1)N(C)C(=O)c1ccc(-c2ccccc2)cc1. The first-order valence-corrected chi connectivity index (χ1v) is 10.9. The average molecular weight is 394 g/mol. The van der Waals surface area contributed by atoms with Gasteiger partial charge in [-0.1, -0.05) is 54.6 Å². The lowest BCUT2D eigenvalue weighted by Gasteiger charge is -2.25. The molecule has 28 heavy (non-hydrogen) atoms. The highest BCUT2D eigenvalue weighted by Crippen LogP contribution is 2.24. The van der Waals surface area contributed by atoms with Gasteiger partial charge in [0.1, 0.15) is 0 Å². The van der Waals surface area contributed by atoms with Gasteiger partial charge < -0.3 is 4.90 Å². The van der Waals surface area contributed by atoms with Crippen molar-refractivity contribution in [1.29, 1.82) is 0 Å². The van der Waals surface area contributed by atoms with E-state index in [1.807, 2.05) is 61.5 Å². The van der Waals surface area contributed by atoms with E-state index in [1.54, 1.807) is 36.2 Å². The fourth-order valence-electron chi connectivity index (χ4n) is 3.03. The number of benzene rings is 3. The summed E-state index contributed by atoms with van der Waals surface area (Å²) in [6, 6.07) is 24.0. The molecule has 1 amide bonds. The maximum Gasteiger partial charge on any atom is 0.254 e. The Morgan fingerprint density at radius 1 is 0.821 bits per heavy atom. The molecule has 3 aromatic rings. The van der Waals surface area contributed by atoms with Crippen LogP contribution in [0.1, 0.15) is 28.9 Å². The molecule has 4 nitrogen and oxygen atoms in total. The Hall–Kier alpha value is -2.92. The number of sulfone groups is 1. The number of carbonyl (C=O) groups is 1. The monoisotopic (exact) mass is 393 g/mol. The summed E-state index contributed by atoms with van der Waals surface area (Å²) >= 11 is 0. The number of hydrogen-bond acceptors (Lipinski definition) is 3. The lowest BCUT2D eigenvalue weighted by Crippen LogP contribution is -2.29. The van der Waals surface area contributed by atoms with Crippen LogP contribution in [0.3, 0.4) is 0 Å². The minimum Gasteiger partial charge on any atom is -0.335 e. The van der Waals surface area contributed by atoms with E-state index in [-0.39, 0.29) is 16.8 Å². The number of nitrogens with zero attached hydrogens (tertiary/aromatic N) is 1. The molecule has 0 heterocycles. The zero-order chi connectivity index (χ0) is 20.3. The molecule has 144 valence electrons. The minimum absolute atomic E-state index is 0.0840. The van der Waals surface area contributed by atoms with Crippen molar-refractivity contribution in [2.45, 2.75) is 17.9 Å². The van der Waals surface area contributed by atoms with Gasteiger partial charge in [-0.25, -0.2) is 8.42 Å². The maximum atomic E-state index is 12.9. The average Bonchev–Trinajstić information content (AvgIpc) is 2.72. The summed E-state index contributed by atoms with van der Waals surface area (Å²) < 4.78 is 23.2. The Morgan fingerprint density at radius 3 is 1.89 bits per heavy atom. The van der Waals surface area contributed by atoms with E-state index in [1.165, 1.54) is 6.26 Å². The van der Waals surface area contributed by atoms with Gasteiger partial charge in [-0.3, -0.25) is 4.79 Å². The van der Waals surface area contributed by atoms with Crippen LogP contribution in [0.2, 0.25) is 0 Å². The highest BCUT2D eigenvalue weighted by Gasteiger charge is 2.19.